The predicted octanol–water partition coefficient (Wildman–Crippen LogP) is 4.62. The van der Waals surface area contributed by atoms with Crippen LogP contribution in [0, 0.1) is 0 Å². The van der Waals surface area contributed by atoms with E-state index in [1.807, 2.05) is 6.92 Å². The number of halogens is 2. The minimum absolute atomic E-state index is 0.0642. The molecule has 132 valence electrons. The second kappa shape index (κ2) is 8.37. The Morgan fingerprint density at radius 1 is 1.16 bits per heavy atom. The van der Waals surface area contributed by atoms with Gasteiger partial charge in [-0.1, -0.05) is 29.3 Å². The Hall–Kier alpha value is -2.04. The fraction of sp³-hybridized carbons (Fsp3) is 0.263. The Morgan fingerprint density at radius 3 is 2.48 bits per heavy atom. The summed E-state index contributed by atoms with van der Waals surface area (Å²) in [5, 5.41) is 3.93. The minimum Gasteiger partial charge on any atom is -0.496 e. The summed E-state index contributed by atoms with van der Waals surface area (Å²) < 4.78 is 5.28. The number of methoxy groups -OCH3 is 1. The molecule has 0 saturated heterocycles. The predicted molar refractivity (Wildman–Crippen MR) is 99.7 cm³/mol. The Labute approximate surface area is 157 Å². The maximum atomic E-state index is 12.4. The number of hydrogen-bond acceptors (Lipinski definition) is 3. The monoisotopic (exact) mass is 379 g/mol. The highest BCUT2D eigenvalue weighted by atomic mass is 35.5. The van der Waals surface area contributed by atoms with Gasteiger partial charge in [0.05, 0.1) is 19.6 Å². The quantitative estimate of drug-likeness (QED) is 0.744. The maximum Gasteiger partial charge on any atom is 0.225 e. The highest BCUT2D eigenvalue weighted by molar-refractivity contribution is 6.35. The highest BCUT2D eigenvalue weighted by Gasteiger charge is 2.16. The Morgan fingerprint density at radius 2 is 1.88 bits per heavy atom. The maximum absolute atomic E-state index is 12.4. The van der Waals surface area contributed by atoms with Gasteiger partial charge in [-0.2, -0.15) is 0 Å². The highest BCUT2D eigenvalue weighted by Crippen LogP contribution is 2.26. The first-order valence-corrected chi connectivity index (χ1v) is 8.49. The molecular formula is C19H19Cl2NO3. The number of amides is 1. The fourth-order valence-corrected chi connectivity index (χ4v) is 3.10. The summed E-state index contributed by atoms with van der Waals surface area (Å²) in [6, 6.07) is 9.93. The van der Waals surface area contributed by atoms with E-state index < -0.39 is 0 Å². The van der Waals surface area contributed by atoms with E-state index in [1.54, 1.807) is 36.4 Å². The van der Waals surface area contributed by atoms with Gasteiger partial charge in [-0.15, -0.1) is 0 Å². The molecule has 2 rings (SSSR count). The number of carbonyl (C=O) groups excluding carboxylic acids is 2. The van der Waals surface area contributed by atoms with Crippen molar-refractivity contribution in [3.05, 3.63) is 63.1 Å². The van der Waals surface area contributed by atoms with Crippen LogP contribution in [0.4, 0.5) is 0 Å². The van der Waals surface area contributed by atoms with E-state index in [9.17, 15) is 9.59 Å². The number of rotatable bonds is 6. The Bertz CT molecular complexity index is 805. The van der Waals surface area contributed by atoms with Crippen LogP contribution in [0.2, 0.25) is 10.0 Å². The molecule has 1 atom stereocenters. The van der Waals surface area contributed by atoms with Crippen molar-refractivity contribution in [2.24, 2.45) is 0 Å². The van der Waals surface area contributed by atoms with Crippen molar-refractivity contribution >= 4 is 34.9 Å². The first-order valence-electron chi connectivity index (χ1n) is 7.74. The summed E-state index contributed by atoms with van der Waals surface area (Å²) in [5.74, 6) is 0.306. The van der Waals surface area contributed by atoms with Crippen LogP contribution < -0.4 is 10.1 Å². The van der Waals surface area contributed by atoms with Gasteiger partial charge in [-0.05, 0) is 49.7 Å². The molecule has 2 aromatic carbocycles. The molecule has 0 aliphatic carbocycles. The van der Waals surface area contributed by atoms with Gasteiger partial charge < -0.3 is 10.1 Å². The first-order chi connectivity index (χ1) is 11.8. The van der Waals surface area contributed by atoms with Gasteiger partial charge in [0.1, 0.15) is 5.75 Å². The summed E-state index contributed by atoms with van der Waals surface area (Å²) in [6.07, 6.45) is 0.0971. The second-order valence-corrected chi connectivity index (χ2v) is 6.56. The molecule has 0 fully saturated rings. The minimum atomic E-state index is -0.278. The lowest BCUT2D eigenvalue weighted by atomic mass is 10.0. The molecule has 2 aromatic rings. The Balaban J connectivity index is 2.14. The molecule has 1 unspecified atom stereocenters. The van der Waals surface area contributed by atoms with Gasteiger partial charge in [0.15, 0.2) is 5.78 Å². The van der Waals surface area contributed by atoms with Crippen LogP contribution in [0.5, 0.6) is 5.75 Å². The molecule has 0 bridgehead atoms. The van der Waals surface area contributed by atoms with E-state index in [4.69, 9.17) is 27.9 Å². The summed E-state index contributed by atoms with van der Waals surface area (Å²) >= 11 is 12.1. The van der Waals surface area contributed by atoms with Crippen LogP contribution in [0.3, 0.4) is 0 Å². The van der Waals surface area contributed by atoms with Gasteiger partial charge in [0, 0.05) is 21.2 Å². The zero-order chi connectivity index (χ0) is 18.6. The van der Waals surface area contributed by atoms with Crippen molar-refractivity contribution in [1.29, 1.82) is 0 Å². The summed E-state index contributed by atoms with van der Waals surface area (Å²) in [6.45, 7) is 3.33. The average Bonchev–Trinajstić information content (AvgIpc) is 2.54. The van der Waals surface area contributed by atoms with Crippen LogP contribution in [0.1, 0.15) is 41.4 Å². The van der Waals surface area contributed by atoms with Crippen LogP contribution in [-0.4, -0.2) is 18.8 Å². The van der Waals surface area contributed by atoms with E-state index in [2.05, 4.69) is 5.32 Å². The van der Waals surface area contributed by atoms with Gasteiger partial charge in [0.2, 0.25) is 5.91 Å². The first kappa shape index (κ1) is 19.3. The van der Waals surface area contributed by atoms with Crippen LogP contribution >= 0.6 is 23.2 Å². The number of benzene rings is 2. The zero-order valence-electron chi connectivity index (χ0n) is 14.2. The summed E-state index contributed by atoms with van der Waals surface area (Å²) in [5.41, 5.74) is 1.98. The molecule has 25 heavy (non-hydrogen) atoms. The second-order valence-electron chi connectivity index (χ2n) is 5.71. The molecule has 0 radical (unpaired) electrons. The third kappa shape index (κ3) is 4.97. The lowest BCUT2D eigenvalue weighted by Gasteiger charge is -2.17. The van der Waals surface area contributed by atoms with Crippen LogP contribution in [0.15, 0.2) is 36.4 Å². The van der Waals surface area contributed by atoms with E-state index in [0.29, 0.717) is 26.9 Å². The third-order valence-electron chi connectivity index (χ3n) is 3.84. The third-order valence-corrected chi connectivity index (χ3v) is 4.41. The van der Waals surface area contributed by atoms with Gasteiger partial charge in [0.25, 0.3) is 0 Å². The van der Waals surface area contributed by atoms with Crippen molar-refractivity contribution in [3.63, 3.8) is 0 Å². The molecule has 0 spiro atoms. The summed E-state index contributed by atoms with van der Waals surface area (Å²) in [7, 11) is 1.53. The number of hydrogen-bond donors (Lipinski definition) is 1. The smallest absolute Gasteiger partial charge is 0.225 e. The zero-order valence-corrected chi connectivity index (χ0v) is 15.7. The Kier molecular flexibility index (Phi) is 6.45. The number of ether oxygens (including phenoxy) is 1. The van der Waals surface area contributed by atoms with Crippen LogP contribution in [0.25, 0.3) is 0 Å². The lowest BCUT2D eigenvalue weighted by molar-refractivity contribution is -0.121. The molecule has 0 saturated carbocycles. The van der Waals surface area contributed by atoms with E-state index >= 15 is 0 Å². The van der Waals surface area contributed by atoms with Gasteiger partial charge >= 0.3 is 0 Å². The number of ketones is 1. The molecule has 1 N–H and O–H groups in total. The molecule has 0 aliphatic rings. The fourth-order valence-electron chi connectivity index (χ4n) is 2.53. The van der Waals surface area contributed by atoms with Gasteiger partial charge in [-0.25, -0.2) is 0 Å². The van der Waals surface area contributed by atoms with Gasteiger partial charge in [-0.3, -0.25) is 9.59 Å². The molecule has 1 amide bonds. The molecule has 6 heteroatoms. The van der Waals surface area contributed by atoms with Crippen molar-refractivity contribution in [3.8, 4) is 5.75 Å². The van der Waals surface area contributed by atoms with E-state index in [0.717, 1.165) is 5.56 Å². The number of nitrogens with one attached hydrogen (secondary N) is 1. The number of carbonyl (C=O) groups is 2. The van der Waals surface area contributed by atoms with Crippen molar-refractivity contribution in [2.45, 2.75) is 26.3 Å². The SMILES string of the molecule is COc1ccc(C(C)=O)cc1CC(=O)NC(C)c1ccc(Cl)cc1Cl. The molecule has 0 aromatic heterocycles. The summed E-state index contributed by atoms with van der Waals surface area (Å²) in [4.78, 5) is 23.9. The molecule has 0 heterocycles. The van der Waals surface area contributed by atoms with Crippen molar-refractivity contribution in [1.82, 2.24) is 5.32 Å². The van der Waals surface area contributed by atoms with Crippen molar-refractivity contribution in [2.75, 3.05) is 7.11 Å². The largest absolute Gasteiger partial charge is 0.496 e. The van der Waals surface area contributed by atoms with E-state index in [-0.39, 0.29) is 24.2 Å². The molecular weight excluding hydrogens is 361 g/mol. The molecule has 0 aliphatic heterocycles. The normalized spacial score (nSPS) is 11.7. The van der Waals surface area contributed by atoms with Crippen LogP contribution in [-0.2, 0) is 11.2 Å². The van der Waals surface area contributed by atoms with E-state index in [1.165, 1.54) is 14.0 Å². The van der Waals surface area contributed by atoms with Crippen molar-refractivity contribution < 1.29 is 14.3 Å². The molecule has 4 nitrogen and oxygen atoms in total. The lowest BCUT2D eigenvalue weighted by Crippen LogP contribution is -2.28. The number of Topliss-reactive ketones (excluding diaryl/α,β-unsaturated/α-hetero) is 1. The average molecular weight is 380 g/mol. The standard InChI is InChI=1S/C19H19Cl2NO3/c1-11(16-6-5-15(20)10-17(16)21)22-19(24)9-14-8-13(12(2)23)4-7-18(14)25-3/h4-8,10-11H,9H2,1-3H3,(H,22,24). The topological polar surface area (TPSA) is 55.4 Å².